The number of hydrogen-bond donors (Lipinski definition) is 1. The normalized spacial score (nSPS) is 12.9. The van der Waals surface area contributed by atoms with Gasteiger partial charge in [0.15, 0.2) is 12.0 Å². The predicted molar refractivity (Wildman–Crippen MR) is 43.4 cm³/mol. The fourth-order valence-electron chi connectivity index (χ4n) is 0.704. The molecule has 0 aromatic carbocycles. The van der Waals surface area contributed by atoms with E-state index in [2.05, 4.69) is 15.0 Å². The minimum absolute atomic E-state index is 0.00463. The minimum Gasteiger partial charge on any atom is -0.368 e. The Kier molecular flexibility index (Phi) is 2.75. The number of halogens is 2. The fraction of sp³-hybridized carbons (Fsp3) is 0.500. The van der Waals surface area contributed by atoms with Crippen LogP contribution >= 0.6 is 11.6 Å². The van der Waals surface area contributed by atoms with Gasteiger partial charge in [-0.25, -0.2) is 4.39 Å². The largest absolute Gasteiger partial charge is 0.368 e. The van der Waals surface area contributed by atoms with Crippen molar-refractivity contribution < 1.29 is 4.39 Å². The third-order valence-corrected chi connectivity index (χ3v) is 1.45. The lowest BCUT2D eigenvalue weighted by Crippen LogP contribution is -2.04. The van der Waals surface area contributed by atoms with Gasteiger partial charge in [0.25, 0.3) is 0 Å². The molecular formula is C6H8ClFN4. The molecular weight excluding hydrogens is 183 g/mol. The van der Waals surface area contributed by atoms with Crippen LogP contribution in [0.15, 0.2) is 0 Å². The summed E-state index contributed by atoms with van der Waals surface area (Å²) in [6.45, 7) is 1.68. The molecule has 0 aliphatic rings. The fourth-order valence-corrected chi connectivity index (χ4v) is 0.877. The van der Waals surface area contributed by atoms with Crippen molar-refractivity contribution in [2.24, 2.45) is 0 Å². The monoisotopic (exact) mass is 190 g/mol. The van der Waals surface area contributed by atoms with E-state index in [1.54, 1.807) is 6.92 Å². The summed E-state index contributed by atoms with van der Waals surface area (Å²) in [6, 6.07) is 0. The van der Waals surface area contributed by atoms with E-state index >= 15 is 0 Å². The van der Waals surface area contributed by atoms with Crippen LogP contribution in [-0.2, 0) is 0 Å². The molecule has 0 bridgehead atoms. The van der Waals surface area contributed by atoms with Crippen molar-refractivity contribution in [1.29, 1.82) is 0 Å². The first-order valence-electron chi connectivity index (χ1n) is 3.44. The number of aromatic nitrogens is 3. The maximum Gasteiger partial charge on any atom is 0.227 e. The predicted octanol–water partition coefficient (Wildman–Crippen LogP) is 1.53. The number of rotatable bonds is 2. The van der Waals surface area contributed by atoms with Crippen molar-refractivity contribution in [2.45, 2.75) is 19.5 Å². The number of nitrogens with two attached hydrogens (primary N) is 1. The van der Waals surface area contributed by atoms with Crippen LogP contribution in [0.25, 0.3) is 0 Å². The number of nitrogens with zero attached hydrogens (tertiary/aromatic N) is 3. The lowest BCUT2D eigenvalue weighted by atomic mass is 10.3. The molecule has 0 radical (unpaired) electrons. The number of nitrogen functional groups attached to an aromatic ring is 1. The standard InChI is InChI=1S/C6H8ClFN4/c1-2-3(8)4-10-5(7)12-6(9)11-4/h3H,2H2,1H3,(H2,9,10,11,12). The van der Waals surface area contributed by atoms with Gasteiger partial charge in [-0.15, -0.1) is 0 Å². The Hall–Kier alpha value is -0.970. The lowest BCUT2D eigenvalue weighted by Gasteiger charge is -2.03. The second kappa shape index (κ2) is 3.62. The Morgan fingerprint density at radius 1 is 1.50 bits per heavy atom. The van der Waals surface area contributed by atoms with Crippen molar-refractivity contribution in [3.8, 4) is 0 Å². The van der Waals surface area contributed by atoms with Gasteiger partial charge in [-0.1, -0.05) is 6.92 Å². The first-order chi connectivity index (χ1) is 5.63. The van der Waals surface area contributed by atoms with E-state index in [0.717, 1.165) is 0 Å². The number of alkyl halides is 1. The average molecular weight is 191 g/mol. The molecule has 1 unspecified atom stereocenters. The van der Waals surface area contributed by atoms with Gasteiger partial charge in [0, 0.05) is 0 Å². The third kappa shape index (κ3) is 2.01. The van der Waals surface area contributed by atoms with Crippen LogP contribution in [0.4, 0.5) is 10.3 Å². The van der Waals surface area contributed by atoms with Crippen molar-refractivity contribution >= 4 is 17.5 Å². The molecule has 2 N–H and O–H groups in total. The SMILES string of the molecule is CCC(F)c1nc(N)nc(Cl)n1. The van der Waals surface area contributed by atoms with Gasteiger partial charge in [-0.05, 0) is 18.0 Å². The Balaban J connectivity index is 3.00. The summed E-state index contributed by atoms with van der Waals surface area (Å²) in [5.41, 5.74) is 5.24. The molecule has 0 saturated carbocycles. The Bertz CT molecular complexity index is 260. The summed E-state index contributed by atoms with van der Waals surface area (Å²) < 4.78 is 13.0. The summed E-state index contributed by atoms with van der Waals surface area (Å²) in [4.78, 5) is 10.7. The molecule has 0 aliphatic heterocycles. The highest BCUT2D eigenvalue weighted by Crippen LogP contribution is 2.17. The van der Waals surface area contributed by atoms with E-state index < -0.39 is 6.17 Å². The zero-order chi connectivity index (χ0) is 9.14. The molecule has 0 spiro atoms. The summed E-state index contributed by atoms with van der Waals surface area (Å²) in [5, 5.41) is -0.0754. The Labute approximate surface area is 74.0 Å². The molecule has 1 atom stereocenters. The van der Waals surface area contributed by atoms with Crippen LogP contribution < -0.4 is 5.73 Å². The van der Waals surface area contributed by atoms with Crippen molar-refractivity contribution in [3.05, 3.63) is 11.1 Å². The maximum absolute atomic E-state index is 13.0. The van der Waals surface area contributed by atoms with E-state index in [4.69, 9.17) is 17.3 Å². The molecule has 0 aliphatic carbocycles. The first-order valence-corrected chi connectivity index (χ1v) is 3.82. The van der Waals surface area contributed by atoms with Crippen molar-refractivity contribution in [2.75, 3.05) is 5.73 Å². The second-order valence-corrected chi connectivity index (χ2v) is 2.53. The van der Waals surface area contributed by atoms with Crippen LogP contribution in [0.5, 0.6) is 0 Å². The van der Waals surface area contributed by atoms with E-state index in [-0.39, 0.29) is 17.1 Å². The number of hydrogen-bond acceptors (Lipinski definition) is 4. The first kappa shape index (κ1) is 9.12. The molecule has 0 fully saturated rings. The summed E-state index contributed by atoms with van der Waals surface area (Å²) in [7, 11) is 0. The van der Waals surface area contributed by atoms with E-state index in [1.807, 2.05) is 0 Å². The number of anilines is 1. The minimum atomic E-state index is -1.23. The summed E-state index contributed by atoms with van der Waals surface area (Å²) >= 11 is 5.44. The molecule has 1 aromatic heterocycles. The average Bonchev–Trinajstić information content (AvgIpc) is 2.01. The van der Waals surface area contributed by atoms with Crippen LogP contribution in [-0.4, -0.2) is 15.0 Å². The maximum atomic E-state index is 13.0. The van der Waals surface area contributed by atoms with Crippen molar-refractivity contribution in [3.63, 3.8) is 0 Å². The van der Waals surface area contributed by atoms with Crippen molar-refractivity contribution in [1.82, 2.24) is 15.0 Å². The zero-order valence-electron chi connectivity index (χ0n) is 6.46. The van der Waals surface area contributed by atoms with Gasteiger partial charge in [0.1, 0.15) is 0 Å². The summed E-state index contributed by atoms with van der Waals surface area (Å²) in [5.74, 6) is -0.0592. The van der Waals surface area contributed by atoms with Gasteiger partial charge in [-0.3, -0.25) is 0 Å². The van der Waals surface area contributed by atoms with Crippen LogP contribution in [0.2, 0.25) is 5.28 Å². The molecule has 1 aromatic rings. The zero-order valence-corrected chi connectivity index (χ0v) is 7.22. The summed E-state index contributed by atoms with van der Waals surface area (Å²) in [6.07, 6.45) is -0.937. The third-order valence-electron chi connectivity index (χ3n) is 1.28. The molecule has 1 heterocycles. The van der Waals surface area contributed by atoms with Gasteiger partial charge in [0.2, 0.25) is 11.2 Å². The highest BCUT2D eigenvalue weighted by Gasteiger charge is 2.12. The van der Waals surface area contributed by atoms with Crippen LogP contribution in [0.3, 0.4) is 0 Å². The van der Waals surface area contributed by atoms with Crippen LogP contribution in [0.1, 0.15) is 25.3 Å². The molecule has 12 heavy (non-hydrogen) atoms. The Morgan fingerprint density at radius 3 is 2.67 bits per heavy atom. The molecule has 0 saturated heterocycles. The van der Waals surface area contributed by atoms with Gasteiger partial charge < -0.3 is 5.73 Å². The lowest BCUT2D eigenvalue weighted by molar-refractivity contribution is 0.318. The highest BCUT2D eigenvalue weighted by atomic mass is 35.5. The smallest absolute Gasteiger partial charge is 0.227 e. The van der Waals surface area contributed by atoms with Gasteiger partial charge in [-0.2, -0.15) is 15.0 Å². The molecule has 0 amide bonds. The molecule has 1 rings (SSSR count). The second-order valence-electron chi connectivity index (χ2n) is 2.20. The van der Waals surface area contributed by atoms with E-state index in [1.165, 1.54) is 0 Å². The van der Waals surface area contributed by atoms with Gasteiger partial charge >= 0.3 is 0 Å². The Morgan fingerprint density at radius 2 is 2.17 bits per heavy atom. The molecule has 6 heteroatoms. The van der Waals surface area contributed by atoms with E-state index in [0.29, 0.717) is 6.42 Å². The topological polar surface area (TPSA) is 64.7 Å². The highest BCUT2D eigenvalue weighted by molar-refractivity contribution is 6.28. The molecule has 66 valence electrons. The van der Waals surface area contributed by atoms with Gasteiger partial charge in [0.05, 0.1) is 0 Å². The van der Waals surface area contributed by atoms with E-state index in [9.17, 15) is 4.39 Å². The van der Waals surface area contributed by atoms with Crippen LogP contribution in [0, 0.1) is 0 Å². The molecule has 4 nitrogen and oxygen atoms in total. The quantitative estimate of drug-likeness (QED) is 0.768.